The predicted octanol–water partition coefficient (Wildman–Crippen LogP) is 4.41. The number of fused-ring (bicyclic) bond motifs is 1. The second-order valence-electron chi connectivity index (χ2n) is 7.28. The molecule has 0 saturated heterocycles. The van der Waals surface area contributed by atoms with Crippen molar-refractivity contribution in [3.63, 3.8) is 0 Å². The van der Waals surface area contributed by atoms with Crippen molar-refractivity contribution in [2.24, 2.45) is 0 Å². The second-order valence-corrected chi connectivity index (χ2v) is 10.2. The lowest BCUT2D eigenvalue weighted by Crippen LogP contribution is -2.43. The van der Waals surface area contributed by atoms with Gasteiger partial charge in [0.25, 0.3) is 0 Å². The largest absolute Gasteiger partial charge is 0.460 e. The second kappa shape index (κ2) is 9.85. The molecule has 1 atom stereocenters. The SMILES string of the molecule is O=C(OCc1ccccc1)[C@@H](Cc1c[nH]c2ccccc12)NS(=O)(=O)c1ccc(I)cc1. The van der Waals surface area contributed by atoms with Crippen molar-refractivity contribution < 1.29 is 17.9 Å². The third-order valence-corrected chi connectivity index (χ3v) is 7.24. The number of halogens is 1. The summed E-state index contributed by atoms with van der Waals surface area (Å²) in [5, 5.41) is 0.932. The molecule has 32 heavy (non-hydrogen) atoms. The van der Waals surface area contributed by atoms with Crippen molar-refractivity contribution in [2.45, 2.75) is 24.0 Å². The summed E-state index contributed by atoms with van der Waals surface area (Å²) >= 11 is 2.11. The van der Waals surface area contributed by atoms with Crippen molar-refractivity contribution in [2.75, 3.05) is 0 Å². The number of hydrogen-bond acceptors (Lipinski definition) is 4. The molecule has 0 unspecified atom stereocenters. The Morgan fingerprint density at radius 3 is 2.41 bits per heavy atom. The van der Waals surface area contributed by atoms with Gasteiger partial charge in [0, 0.05) is 27.1 Å². The van der Waals surface area contributed by atoms with Crippen molar-refractivity contribution >= 4 is 49.5 Å². The van der Waals surface area contributed by atoms with Crippen LogP contribution in [-0.2, 0) is 32.6 Å². The third kappa shape index (κ3) is 5.37. The summed E-state index contributed by atoms with van der Waals surface area (Å²) in [6, 6.07) is 22.3. The molecule has 2 N–H and O–H groups in total. The van der Waals surface area contributed by atoms with Gasteiger partial charge in [-0.25, -0.2) is 8.42 Å². The van der Waals surface area contributed by atoms with Crippen LogP contribution in [0.15, 0.2) is 90.0 Å². The van der Waals surface area contributed by atoms with E-state index in [0.29, 0.717) is 0 Å². The van der Waals surface area contributed by atoms with E-state index in [9.17, 15) is 13.2 Å². The first-order valence-electron chi connectivity index (χ1n) is 9.96. The van der Waals surface area contributed by atoms with E-state index in [4.69, 9.17) is 4.74 Å². The van der Waals surface area contributed by atoms with E-state index >= 15 is 0 Å². The highest BCUT2D eigenvalue weighted by molar-refractivity contribution is 14.1. The van der Waals surface area contributed by atoms with Crippen LogP contribution in [0.25, 0.3) is 10.9 Å². The number of carbonyl (C=O) groups is 1. The van der Waals surface area contributed by atoms with Crippen molar-refractivity contribution in [1.29, 1.82) is 0 Å². The maximum absolute atomic E-state index is 13.0. The number of para-hydroxylation sites is 1. The van der Waals surface area contributed by atoms with Gasteiger partial charge in [-0.2, -0.15) is 4.72 Å². The number of nitrogens with one attached hydrogen (secondary N) is 2. The Bertz CT molecular complexity index is 1320. The highest BCUT2D eigenvalue weighted by Gasteiger charge is 2.28. The van der Waals surface area contributed by atoms with Crippen molar-refractivity contribution in [3.05, 3.63) is 99.8 Å². The number of rotatable bonds is 8. The number of aromatic amines is 1. The molecule has 6 nitrogen and oxygen atoms in total. The fourth-order valence-electron chi connectivity index (χ4n) is 3.39. The highest BCUT2D eigenvalue weighted by atomic mass is 127. The third-order valence-electron chi connectivity index (χ3n) is 5.03. The first-order valence-corrected chi connectivity index (χ1v) is 12.5. The van der Waals surface area contributed by atoms with Crippen LogP contribution in [0.5, 0.6) is 0 Å². The first kappa shape index (κ1) is 22.5. The van der Waals surface area contributed by atoms with Gasteiger partial charge in [-0.3, -0.25) is 4.79 Å². The maximum atomic E-state index is 13.0. The first-order chi connectivity index (χ1) is 15.4. The summed E-state index contributed by atoms with van der Waals surface area (Å²) in [5.74, 6) is -0.631. The molecular formula is C24H21IN2O4S. The van der Waals surface area contributed by atoms with Gasteiger partial charge >= 0.3 is 5.97 Å². The van der Waals surface area contributed by atoms with Crippen LogP contribution in [0, 0.1) is 3.57 Å². The lowest BCUT2D eigenvalue weighted by molar-refractivity contribution is -0.147. The Labute approximate surface area is 200 Å². The highest BCUT2D eigenvalue weighted by Crippen LogP contribution is 2.21. The van der Waals surface area contributed by atoms with Crippen molar-refractivity contribution in [3.8, 4) is 0 Å². The van der Waals surface area contributed by atoms with E-state index in [1.165, 1.54) is 12.1 Å². The van der Waals surface area contributed by atoms with Crippen LogP contribution >= 0.6 is 22.6 Å². The maximum Gasteiger partial charge on any atom is 0.324 e. The van der Waals surface area contributed by atoms with Crippen molar-refractivity contribution in [1.82, 2.24) is 9.71 Å². The average Bonchev–Trinajstić information content (AvgIpc) is 3.21. The molecule has 0 fully saturated rings. The number of H-pyrrole nitrogens is 1. The summed E-state index contributed by atoms with van der Waals surface area (Å²) in [6.07, 6.45) is 1.95. The minimum Gasteiger partial charge on any atom is -0.460 e. The lowest BCUT2D eigenvalue weighted by atomic mass is 10.1. The number of ether oxygens (including phenoxy) is 1. The molecule has 0 radical (unpaired) electrons. The number of benzene rings is 3. The molecule has 0 aliphatic carbocycles. The summed E-state index contributed by atoms with van der Waals surface area (Å²) in [4.78, 5) is 16.2. The smallest absolute Gasteiger partial charge is 0.324 e. The number of esters is 1. The van der Waals surface area contributed by atoms with Crippen LogP contribution in [0.4, 0.5) is 0 Å². The minimum absolute atomic E-state index is 0.0648. The van der Waals surface area contributed by atoms with Gasteiger partial charge in [-0.1, -0.05) is 48.5 Å². The zero-order valence-corrected chi connectivity index (χ0v) is 20.0. The van der Waals surface area contributed by atoms with E-state index in [1.54, 1.807) is 18.3 Å². The molecule has 4 rings (SSSR count). The molecule has 3 aromatic carbocycles. The van der Waals surface area contributed by atoms with Gasteiger partial charge in [0.15, 0.2) is 0 Å². The fraction of sp³-hybridized carbons (Fsp3) is 0.125. The minimum atomic E-state index is -3.93. The fourth-order valence-corrected chi connectivity index (χ4v) is 4.94. The van der Waals surface area contributed by atoms with Crippen LogP contribution in [0.1, 0.15) is 11.1 Å². The van der Waals surface area contributed by atoms with Gasteiger partial charge in [0.05, 0.1) is 4.90 Å². The molecule has 164 valence electrons. The molecular weight excluding hydrogens is 539 g/mol. The van der Waals surface area contributed by atoms with E-state index < -0.39 is 22.0 Å². The molecule has 1 aromatic heterocycles. The Kier molecular flexibility index (Phi) is 6.92. The van der Waals surface area contributed by atoms with Crippen LogP contribution < -0.4 is 4.72 Å². The van der Waals surface area contributed by atoms with Crippen LogP contribution in [0.2, 0.25) is 0 Å². The Morgan fingerprint density at radius 1 is 0.969 bits per heavy atom. The molecule has 0 aliphatic rings. The molecule has 4 aromatic rings. The average molecular weight is 560 g/mol. The summed E-state index contributed by atoms with van der Waals surface area (Å²) < 4.78 is 34.9. The summed E-state index contributed by atoms with van der Waals surface area (Å²) in [5.41, 5.74) is 2.57. The molecule has 0 spiro atoms. The van der Waals surface area contributed by atoms with E-state index in [0.717, 1.165) is 25.6 Å². The molecule has 0 saturated carbocycles. The molecule has 8 heteroatoms. The van der Waals surface area contributed by atoms with E-state index in [-0.39, 0.29) is 17.9 Å². The van der Waals surface area contributed by atoms with Gasteiger partial charge in [-0.15, -0.1) is 0 Å². The number of sulfonamides is 1. The topological polar surface area (TPSA) is 88.3 Å². The quantitative estimate of drug-likeness (QED) is 0.247. The van der Waals surface area contributed by atoms with Crippen LogP contribution in [0.3, 0.4) is 0 Å². The van der Waals surface area contributed by atoms with Crippen LogP contribution in [-0.4, -0.2) is 25.4 Å². The predicted molar refractivity (Wildman–Crippen MR) is 132 cm³/mol. The zero-order valence-electron chi connectivity index (χ0n) is 17.0. The Morgan fingerprint density at radius 2 is 1.66 bits per heavy atom. The van der Waals surface area contributed by atoms with Gasteiger partial charge in [0.2, 0.25) is 10.0 Å². The Balaban J connectivity index is 1.59. The van der Waals surface area contributed by atoms with Gasteiger partial charge < -0.3 is 9.72 Å². The number of hydrogen-bond donors (Lipinski definition) is 2. The summed E-state index contributed by atoms with van der Waals surface area (Å²) in [6.45, 7) is 0.0648. The standard InChI is InChI=1S/C24H21IN2O4S/c25-19-10-12-20(13-11-19)32(29,30)27-23(24(28)31-16-17-6-2-1-3-7-17)14-18-15-26-22-9-5-4-8-21(18)22/h1-13,15,23,26-27H,14,16H2/t23-/m1/s1. The lowest BCUT2D eigenvalue weighted by Gasteiger charge is -2.18. The van der Waals surface area contributed by atoms with Gasteiger partial charge in [0.1, 0.15) is 12.6 Å². The normalized spacial score (nSPS) is 12.5. The van der Waals surface area contributed by atoms with E-state index in [1.807, 2.05) is 54.6 Å². The number of carbonyl (C=O) groups excluding carboxylic acids is 1. The molecule has 0 bridgehead atoms. The zero-order chi connectivity index (χ0) is 22.6. The monoisotopic (exact) mass is 560 g/mol. The van der Waals surface area contributed by atoms with Gasteiger partial charge in [-0.05, 0) is 64.0 Å². The summed E-state index contributed by atoms with van der Waals surface area (Å²) in [7, 11) is -3.93. The molecule has 1 heterocycles. The Hall–Kier alpha value is -2.69. The molecule has 0 aliphatic heterocycles. The molecule has 0 amide bonds. The number of aromatic nitrogens is 1. The van der Waals surface area contributed by atoms with E-state index in [2.05, 4.69) is 32.3 Å².